The topological polar surface area (TPSA) is 142 Å². The Balaban J connectivity index is 2.06. The first-order chi connectivity index (χ1) is 12.6. The predicted octanol–water partition coefficient (Wildman–Crippen LogP) is -1.27. The van der Waals surface area contributed by atoms with Crippen LogP contribution in [0.2, 0.25) is 0 Å². The summed E-state index contributed by atoms with van der Waals surface area (Å²) in [5.41, 5.74) is -0.200. The Kier molecular flexibility index (Phi) is 6.89. The zero-order chi connectivity index (χ0) is 20.4. The van der Waals surface area contributed by atoms with Crippen LogP contribution in [-0.2, 0) is 33.1 Å². The number of hydrogen-bond acceptors (Lipinski definition) is 9. The maximum absolute atomic E-state index is 12.4. The van der Waals surface area contributed by atoms with Crippen LogP contribution in [0, 0.1) is 5.92 Å². The molecule has 1 fully saturated rings. The van der Waals surface area contributed by atoms with Crippen molar-refractivity contribution in [1.82, 2.24) is 10.2 Å². The number of nitrogens with one attached hydrogen (secondary N) is 1. The number of carbonyl (C=O) groups excluding carboxylic acids is 3. The maximum atomic E-state index is 12.4. The molecular weight excluding hydrogens is 400 g/mol. The van der Waals surface area contributed by atoms with Crippen LogP contribution in [-0.4, -0.2) is 62.2 Å². The molecule has 2 rings (SSSR count). The molecule has 1 saturated heterocycles. The van der Waals surface area contributed by atoms with Crippen LogP contribution < -0.4 is 10.4 Å². The SMILES string of the molecule is CCOS(=O)(=O)O[C@@H](C)[C@@H]1C(=O)N2C(C(=O)[O-])=C(SCCNC(C)=O)C[C@H]12. The summed E-state index contributed by atoms with van der Waals surface area (Å²) in [6, 6.07) is -0.513. The summed E-state index contributed by atoms with van der Waals surface area (Å²) >= 11 is 1.21. The van der Waals surface area contributed by atoms with Gasteiger partial charge in [-0.1, -0.05) is 0 Å². The minimum atomic E-state index is -4.23. The van der Waals surface area contributed by atoms with Crippen molar-refractivity contribution in [3.63, 3.8) is 0 Å². The number of hydrogen-bond donors (Lipinski definition) is 1. The highest BCUT2D eigenvalue weighted by atomic mass is 32.3. The number of thioether (sulfide) groups is 1. The Morgan fingerprint density at radius 2 is 2.11 bits per heavy atom. The number of fused-ring (bicyclic) bond motifs is 1. The lowest BCUT2D eigenvalue weighted by Gasteiger charge is -2.46. The van der Waals surface area contributed by atoms with Gasteiger partial charge in [-0.15, -0.1) is 11.8 Å². The standard InChI is InChI=1S/C15H22N2O8S2/c1-4-24-27(22,23)25-8(2)12-10-7-11(26-6-5-16-9(3)18)13(15(20)21)17(10)14(12)19/h8,10,12H,4-7H2,1-3H3,(H,16,18)(H,20,21)/p-1/t8-,10+,12-/m0/s1. The number of carbonyl (C=O) groups is 3. The van der Waals surface area contributed by atoms with Gasteiger partial charge in [0.15, 0.2) is 0 Å². The molecular formula is C15H21N2O8S2-. The van der Waals surface area contributed by atoms with Crippen LogP contribution in [0.1, 0.15) is 27.2 Å². The van der Waals surface area contributed by atoms with E-state index >= 15 is 0 Å². The van der Waals surface area contributed by atoms with Crippen LogP contribution in [0.3, 0.4) is 0 Å². The molecule has 3 atom stereocenters. The highest BCUT2D eigenvalue weighted by Crippen LogP contribution is 2.47. The minimum Gasteiger partial charge on any atom is -0.543 e. The van der Waals surface area contributed by atoms with Gasteiger partial charge in [0.25, 0.3) is 0 Å². The number of rotatable bonds is 10. The molecule has 2 amide bonds. The number of aliphatic carboxylic acids is 1. The smallest absolute Gasteiger partial charge is 0.400 e. The second-order valence-electron chi connectivity index (χ2n) is 6.01. The molecule has 0 bridgehead atoms. The van der Waals surface area contributed by atoms with Crippen molar-refractivity contribution >= 4 is 39.9 Å². The number of amides is 2. The molecule has 0 saturated carbocycles. The van der Waals surface area contributed by atoms with Crippen molar-refractivity contribution in [2.45, 2.75) is 39.3 Å². The fraction of sp³-hybridized carbons (Fsp3) is 0.667. The minimum absolute atomic E-state index is 0.102. The molecule has 2 aliphatic heterocycles. The Morgan fingerprint density at radius 1 is 1.44 bits per heavy atom. The summed E-state index contributed by atoms with van der Waals surface area (Å²) in [7, 11) is -4.23. The molecule has 0 aromatic rings. The van der Waals surface area contributed by atoms with Gasteiger partial charge in [-0.3, -0.25) is 9.59 Å². The Morgan fingerprint density at radius 3 is 2.67 bits per heavy atom. The van der Waals surface area contributed by atoms with Gasteiger partial charge in [0.1, 0.15) is 0 Å². The summed E-state index contributed by atoms with van der Waals surface area (Å²) in [5.74, 6) is -2.58. The van der Waals surface area contributed by atoms with Gasteiger partial charge in [-0.2, -0.15) is 8.42 Å². The lowest BCUT2D eigenvalue weighted by Crippen LogP contribution is -2.63. The molecule has 0 aliphatic carbocycles. The van der Waals surface area contributed by atoms with E-state index in [4.69, 9.17) is 4.18 Å². The van der Waals surface area contributed by atoms with Gasteiger partial charge in [0.05, 0.1) is 36.3 Å². The van der Waals surface area contributed by atoms with Gasteiger partial charge < -0.3 is 20.1 Å². The van der Waals surface area contributed by atoms with Crippen molar-refractivity contribution in [2.75, 3.05) is 18.9 Å². The predicted molar refractivity (Wildman–Crippen MR) is 93.0 cm³/mol. The third kappa shape index (κ3) is 4.81. The van der Waals surface area contributed by atoms with E-state index in [2.05, 4.69) is 9.50 Å². The van der Waals surface area contributed by atoms with Gasteiger partial charge in [-0.25, -0.2) is 8.37 Å². The van der Waals surface area contributed by atoms with E-state index in [1.54, 1.807) is 0 Å². The normalized spacial score (nSPS) is 23.1. The first-order valence-corrected chi connectivity index (χ1v) is 10.6. The molecule has 12 heteroatoms. The molecule has 10 nitrogen and oxygen atoms in total. The monoisotopic (exact) mass is 421 g/mol. The van der Waals surface area contributed by atoms with Crippen LogP contribution in [0.5, 0.6) is 0 Å². The van der Waals surface area contributed by atoms with E-state index in [9.17, 15) is 27.9 Å². The number of nitrogens with zero attached hydrogens (tertiary/aromatic N) is 1. The Labute approximate surface area is 161 Å². The first-order valence-electron chi connectivity index (χ1n) is 8.31. The molecule has 27 heavy (non-hydrogen) atoms. The molecule has 152 valence electrons. The maximum Gasteiger partial charge on any atom is 0.400 e. The van der Waals surface area contributed by atoms with Crippen molar-refractivity contribution in [3.8, 4) is 0 Å². The second kappa shape index (κ2) is 8.59. The molecule has 0 aromatic heterocycles. The average Bonchev–Trinajstić information content (AvgIpc) is 2.85. The van der Waals surface area contributed by atoms with Gasteiger partial charge in [-0.05, 0) is 13.8 Å². The third-order valence-corrected chi connectivity index (χ3v) is 6.33. The van der Waals surface area contributed by atoms with E-state index in [1.165, 1.54) is 32.5 Å². The summed E-state index contributed by atoms with van der Waals surface area (Å²) < 4.78 is 32.6. The molecule has 0 aromatic carbocycles. The van der Waals surface area contributed by atoms with Crippen molar-refractivity contribution < 1.29 is 36.3 Å². The van der Waals surface area contributed by atoms with Gasteiger partial charge >= 0.3 is 10.4 Å². The third-order valence-electron chi connectivity index (χ3n) is 4.15. The van der Waals surface area contributed by atoms with Crippen LogP contribution in [0.15, 0.2) is 10.6 Å². The summed E-state index contributed by atoms with van der Waals surface area (Å²) in [6.45, 7) is 4.53. The van der Waals surface area contributed by atoms with Crippen molar-refractivity contribution in [3.05, 3.63) is 10.6 Å². The lowest BCUT2D eigenvalue weighted by molar-refractivity contribution is -0.301. The fourth-order valence-corrected chi connectivity index (χ4v) is 5.05. The Bertz CT molecular complexity index is 764. The molecule has 2 heterocycles. The van der Waals surface area contributed by atoms with E-state index < -0.39 is 40.3 Å². The van der Waals surface area contributed by atoms with Gasteiger partial charge in [0, 0.05) is 30.5 Å². The summed E-state index contributed by atoms with van der Waals surface area (Å²) in [4.78, 5) is 36.4. The molecule has 0 radical (unpaired) electrons. The number of carboxylic acids is 1. The first kappa shape index (κ1) is 21.7. The second-order valence-corrected chi connectivity index (χ2v) is 8.45. The number of carboxylic acid groups (broad SMARTS) is 1. The largest absolute Gasteiger partial charge is 0.543 e. The van der Waals surface area contributed by atoms with Crippen molar-refractivity contribution in [2.24, 2.45) is 5.92 Å². The highest BCUT2D eigenvalue weighted by Gasteiger charge is 2.56. The molecule has 0 spiro atoms. The molecule has 0 unspecified atom stereocenters. The van der Waals surface area contributed by atoms with E-state index in [-0.39, 0.29) is 24.6 Å². The Hall–Kier alpha value is -1.63. The summed E-state index contributed by atoms with van der Waals surface area (Å²) in [5, 5.41) is 14.1. The molecule has 2 aliphatic rings. The van der Waals surface area contributed by atoms with Gasteiger partial charge in [0.2, 0.25) is 11.8 Å². The fourth-order valence-electron chi connectivity index (χ4n) is 3.15. The van der Waals surface area contributed by atoms with Crippen molar-refractivity contribution in [1.29, 1.82) is 0 Å². The zero-order valence-electron chi connectivity index (χ0n) is 15.1. The van der Waals surface area contributed by atoms with E-state index in [0.717, 1.165) is 4.90 Å². The van der Waals surface area contributed by atoms with E-state index in [0.29, 0.717) is 17.2 Å². The quantitative estimate of drug-likeness (QED) is 0.337. The van der Waals surface area contributed by atoms with Crippen LogP contribution in [0.4, 0.5) is 0 Å². The lowest BCUT2D eigenvalue weighted by atomic mass is 9.83. The average molecular weight is 421 g/mol. The molecule has 1 N–H and O–H groups in total. The zero-order valence-corrected chi connectivity index (χ0v) is 16.7. The summed E-state index contributed by atoms with van der Waals surface area (Å²) in [6.07, 6.45) is -0.741. The van der Waals surface area contributed by atoms with Crippen LogP contribution >= 0.6 is 11.8 Å². The van der Waals surface area contributed by atoms with Crippen LogP contribution in [0.25, 0.3) is 0 Å². The van der Waals surface area contributed by atoms with E-state index in [1.807, 2.05) is 0 Å². The number of β-lactam (4-membered cyclic amide) rings is 1. The highest BCUT2D eigenvalue weighted by molar-refractivity contribution is 8.03.